The number of piperidine rings is 1. The van der Waals surface area contributed by atoms with Crippen molar-refractivity contribution in [2.24, 2.45) is 5.92 Å². The molecule has 0 saturated carbocycles. The molecule has 164 valence electrons. The number of hydrogen-bond donors (Lipinski definition) is 2. The van der Waals surface area contributed by atoms with E-state index in [1.54, 1.807) is 0 Å². The molecule has 0 spiro atoms. The van der Waals surface area contributed by atoms with Crippen LogP contribution in [0.4, 0.5) is 5.13 Å². The van der Waals surface area contributed by atoms with E-state index < -0.39 is 0 Å². The number of thiazole rings is 1. The van der Waals surface area contributed by atoms with Gasteiger partial charge in [-0.1, -0.05) is 18.3 Å². The Morgan fingerprint density at radius 2 is 1.93 bits per heavy atom. The Morgan fingerprint density at radius 3 is 2.57 bits per heavy atom. The number of carbonyl (C=O) groups excluding carboxylic acids is 2. The minimum Gasteiger partial charge on any atom is -0.354 e. The van der Waals surface area contributed by atoms with Gasteiger partial charge in [0.25, 0.3) is 5.56 Å². The van der Waals surface area contributed by atoms with Crippen LogP contribution in [0.25, 0.3) is 10.3 Å². The molecule has 0 aliphatic carbocycles. The normalized spacial score (nSPS) is 16.1. The van der Waals surface area contributed by atoms with Crippen molar-refractivity contribution in [3.63, 3.8) is 0 Å². The first-order valence-electron chi connectivity index (χ1n) is 10.5. The van der Waals surface area contributed by atoms with Crippen molar-refractivity contribution < 1.29 is 9.59 Å². The summed E-state index contributed by atoms with van der Waals surface area (Å²) < 4.78 is 1.77. The Balaban J connectivity index is 1.69. The number of anilines is 1. The van der Waals surface area contributed by atoms with Crippen LogP contribution in [0.1, 0.15) is 47.0 Å². The first-order chi connectivity index (χ1) is 14.3. The van der Waals surface area contributed by atoms with Crippen LogP contribution in [0, 0.1) is 5.92 Å². The Morgan fingerprint density at radius 1 is 1.23 bits per heavy atom. The van der Waals surface area contributed by atoms with Gasteiger partial charge in [-0.15, -0.1) is 0 Å². The van der Waals surface area contributed by atoms with E-state index in [-0.39, 0.29) is 41.9 Å². The van der Waals surface area contributed by atoms with Gasteiger partial charge in [0.05, 0.1) is 0 Å². The lowest BCUT2D eigenvalue weighted by molar-refractivity contribution is -0.126. The summed E-state index contributed by atoms with van der Waals surface area (Å²) in [4.78, 5) is 48.0. The number of nitrogens with one attached hydrogen (secondary N) is 2. The molecule has 9 nitrogen and oxygen atoms in total. The van der Waals surface area contributed by atoms with Crippen molar-refractivity contribution in [2.75, 3.05) is 18.0 Å². The molecule has 0 radical (unpaired) electrons. The number of carbonyl (C=O) groups is 2. The van der Waals surface area contributed by atoms with Crippen molar-refractivity contribution in [2.45, 2.75) is 65.6 Å². The Bertz CT molecular complexity index is 961. The van der Waals surface area contributed by atoms with Gasteiger partial charge in [-0.3, -0.25) is 19.0 Å². The molecular formula is C20H30N6O3S. The highest BCUT2D eigenvalue weighted by atomic mass is 32.1. The lowest BCUT2D eigenvalue weighted by Crippen LogP contribution is -2.42. The second-order valence-corrected chi connectivity index (χ2v) is 9.11. The quantitative estimate of drug-likeness (QED) is 0.684. The molecule has 2 amide bonds. The fourth-order valence-electron chi connectivity index (χ4n) is 3.40. The van der Waals surface area contributed by atoms with Gasteiger partial charge in [0.1, 0.15) is 17.6 Å². The molecule has 2 aromatic rings. The Labute approximate surface area is 179 Å². The number of amides is 2. The molecule has 1 aliphatic heterocycles. The molecular weight excluding hydrogens is 404 g/mol. The van der Waals surface area contributed by atoms with E-state index in [4.69, 9.17) is 0 Å². The van der Waals surface area contributed by atoms with Gasteiger partial charge < -0.3 is 15.5 Å². The van der Waals surface area contributed by atoms with E-state index in [1.807, 2.05) is 27.7 Å². The van der Waals surface area contributed by atoms with E-state index in [1.165, 1.54) is 22.2 Å². The summed E-state index contributed by atoms with van der Waals surface area (Å²) in [6.07, 6.45) is 3.71. The van der Waals surface area contributed by atoms with Crippen molar-refractivity contribution >= 4 is 38.6 Å². The highest BCUT2D eigenvalue weighted by Gasteiger charge is 2.27. The zero-order valence-corrected chi connectivity index (χ0v) is 18.8. The molecule has 1 fully saturated rings. The van der Waals surface area contributed by atoms with Gasteiger partial charge in [-0.25, -0.2) is 4.98 Å². The fourth-order valence-corrected chi connectivity index (χ4v) is 4.42. The van der Waals surface area contributed by atoms with E-state index in [2.05, 4.69) is 25.5 Å². The topological polar surface area (TPSA) is 109 Å². The zero-order valence-electron chi connectivity index (χ0n) is 18.0. The van der Waals surface area contributed by atoms with Gasteiger partial charge >= 0.3 is 0 Å². The van der Waals surface area contributed by atoms with Crippen LogP contribution in [0.2, 0.25) is 0 Å². The largest absolute Gasteiger partial charge is 0.354 e. The standard InChI is InChI=1S/C20H30N6O3S/c1-5-13(4)23-15(27)10-26-11-21-17-16(19(26)29)30-20(24-17)25-8-6-14(7-9-25)18(28)22-12(2)3/h11-14H,5-10H2,1-4H3,(H,22,28)(H,23,27)/t13-/m1/s1. The first kappa shape index (κ1) is 22.2. The summed E-state index contributed by atoms with van der Waals surface area (Å²) >= 11 is 1.30. The molecule has 1 atom stereocenters. The predicted octanol–water partition coefficient (Wildman–Crippen LogP) is 1.51. The van der Waals surface area contributed by atoms with Crippen LogP contribution in [0.15, 0.2) is 11.1 Å². The molecule has 30 heavy (non-hydrogen) atoms. The first-order valence-corrected chi connectivity index (χ1v) is 11.3. The zero-order chi connectivity index (χ0) is 21.8. The number of aromatic nitrogens is 3. The smallest absolute Gasteiger partial charge is 0.273 e. The van der Waals surface area contributed by atoms with E-state index in [0.29, 0.717) is 23.4 Å². The second-order valence-electron chi connectivity index (χ2n) is 8.13. The molecule has 0 unspecified atom stereocenters. The summed E-state index contributed by atoms with van der Waals surface area (Å²) in [7, 11) is 0. The highest BCUT2D eigenvalue weighted by Crippen LogP contribution is 2.29. The summed E-state index contributed by atoms with van der Waals surface area (Å²) in [5.41, 5.74) is 0.146. The van der Waals surface area contributed by atoms with Crippen LogP contribution in [0.5, 0.6) is 0 Å². The molecule has 2 aromatic heterocycles. The van der Waals surface area contributed by atoms with Crippen molar-refractivity contribution in [3.05, 3.63) is 16.7 Å². The van der Waals surface area contributed by atoms with Crippen LogP contribution in [-0.2, 0) is 16.1 Å². The van der Waals surface area contributed by atoms with Crippen molar-refractivity contribution in [1.29, 1.82) is 0 Å². The SMILES string of the molecule is CC[C@@H](C)NC(=O)Cn1cnc2nc(N3CCC(C(=O)NC(C)C)CC3)sc2c1=O. The third-order valence-electron chi connectivity index (χ3n) is 5.27. The minimum absolute atomic E-state index is 0.0115. The maximum absolute atomic E-state index is 12.8. The number of rotatable bonds is 7. The lowest BCUT2D eigenvalue weighted by atomic mass is 9.96. The number of nitrogens with zero attached hydrogens (tertiary/aromatic N) is 4. The van der Waals surface area contributed by atoms with E-state index in [9.17, 15) is 14.4 Å². The van der Waals surface area contributed by atoms with Crippen molar-refractivity contribution in [3.8, 4) is 0 Å². The summed E-state index contributed by atoms with van der Waals surface area (Å²) in [6.45, 7) is 9.19. The molecule has 0 aromatic carbocycles. The summed E-state index contributed by atoms with van der Waals surface area (Å²) in [5.74, 6) is -0.0920. The van der Waals surface area contributed by atoms with Crippen molar-refractivity contribution in [1.82, 2.24) is 25.2 Å². The summed E-state index contributed by atoms with van der Waals surface area (Å²) in [5, 5.41) is 6.57. The fraction of sp³-hybridized carbons (Fsp3) is 0.650. The van der Waals surface area contributed by atoms with Crippen LogP contribution in [-0.4, -0.2) is 51.5 Å². The third-order valence-corrected chi connectivity index (χ3v) is 6.37. The van der Waals surface area contributed by atoms with E-state index in [0.717, 1.165) is 24.4 Å². The maximum Gasteiger partial charge on any atom is 0.273 e. The average Bonchev–Trinajstić information content (AvgIpc) is 3.15. The van der Waals surface area contributed by atoms with Gasteiger partial charge in [0.2, 0.25) is 11.8 Å². The van der Waals surface area contributed by atoms with Crippen LogP contribution in [0.3, 0.4) is 0 Å². The second kappa shape index (κ2) is 9.55. The number of fused-ring (bicyclic) bond motifs is 1. The Hall–Kier alpha value is -2.49. The molecule has 10 heteroatoms. The Kier molecular flexibility index (Phi) is 7.06. The highest BCUT2D eigenvalue weighted by molar-refractivity contribution is 7.22. The van der Waals surface area contributed by atoms with Gasteiger partial charge in [0.15, 0.2) is 10.8 Å². The van der Waals surface area contributed by atoms with Gasteiger partial charge in [-0.2, -0.15) is 4.98 Å². The molecule has 3 heterocycles. The molecule has 2 N–H and O–H groups in total. The monoisotopic (exact) mass is 434 g/mol. The van der Waals surface area contributed by atoms with Crippen LogP contribution < -0.4 is 21.1 Å². The molecule has 1 aliphatic rings. The van der Waals surface area contributed by atoms with E-state index >= 15 is 0 Å². The minimum atomic E-state index is -0.255. The van der Waals surface area contributed by atoms with Gasteiger partial charge in [0, 0.05) is 31.1 Å². The maximum atomic E-state index is 12.8. The predicted molar refractivity (Wildman–Crippen MR) is 118 cm³/mol. The van der Waals surface area contributed by atoms with Gasteiger partial charge in [-0.05, 0) is 40.0 Å². The lowest BCUT2D eigenvalue weighted by Gasteiger charge is -2.31. The third kappa shape index (κ3) is 5.16. The molecule has 3 rings (SSSR count). The molecule has 0 bridgehead atoms. The molecule has 1 saturated heterocycles. The van der Waals surface area contributed by atoms with Crippen LogP contribution >= 0.6 is 11.3 Å². The number of hydrogen-bond acceptors (Lipinski definition) is 7. The average molecular weight is 435 g/mol. The summed E-state index contributed by atoms with van der Waals surface area (Å²) in [6, 6.07) is 0.200.